The van der Waals surface area contributed by atoms with Crippen LogP contribution in [0.3, 0.4) is 0 Å². The lowest BCUT2D eigenvalue weighted by Crippen LogP contribution is -2.27. The first-order chi connectivity index (χ1) is 10.8. The molecule has 7 nitrogen and oxygen atoms in total. The number of carbonyl (C=O) groups excluding carboxylic acids is 2. The van der Waals surface area contributed by atoms with Gasteiger partial charge in [-0.25, -0.2) is 10.2 Å². The van der Waals surface area contributed by atoms with Crippen LogP contribution >= 0.6 is 0 Å². The summed E-state index contributed by atoms with van der Waals surface area (Å²) >= 11 is 0. The minimum atomic E-state index is -0.545. The van der Waals surface area contributed by atoms with Gasteiger partial charge in [-0.2, -0.15) is 10.4 Å². The van der Waals surface area contributed by atoms with Crippen molar-refractivity contribution in [3.05, 3.63) is 29.8 Å². The Balaban J connectivity index is 2.45. The highest BCUT2D eigenvalue weighted by atomic mass is 16.6. The third-order valence-electron chi connectivity index (χ3n) is 2.30. The van der Waals surface area contributed by atoms with E-state index in [1.165, 1.54) is 6.21 Å². The van der Waals surface area contributed by atoms with E-state index in [0.717, 1.165) is 5.56 Å². The van der Waals surface area contributed by atoms with Crippen molar-refractivity contribution in [3.63, 3.8) is 0 Å². The second-order valence-electron chi connectivity index (χ2n) is 5.57. The number of amides is 1. The Morgan fingerprint density at radius 2 is 1.96 bits per heavy atom. The van der Waals surface area contributed by atoms with Crippen LogP contribution in [0.4, 0.5) is 0 Å². The van der Waals surface area contributed by atoms with Gasteiger partial charge >= 0.3 is 5.97 Å². The van der Waals surface area contributed by atoms with E-state index in [9.17, 15) is 9.59 Å². The van der Waals surface area contributed by atoms with Crippen molar-refractivity contribution in [2.45, 2.75) is 32.8 Å². The van der Waals surface area contributed by atoms with Crippen LogP contribution in [0, 0.1) is 11.3 Å². The summed E-state index contributed by atoms with van der Waals surface area (Å²) < 4.78 is 10.4. The van der Waals surface area contributed by atoms with E-state index in [-0.39, 0.29) is 13.0 Å². The Bertz CT molecular complexity index is 610. The lowest BCUT2D eigenvalue weighted by atomic mass is 10.2. The molecule has 0 aliphatic carbocycles. The Morgan fingerprint density at radius 3 is 2.52 bits per heavy atom. The van der Waals surface area contributed by atoms with Gasteiger partial charge in [0.1, 0.15) is 17.8 Å². The van der Waals surface area contributed by atoms with Crippen LogP contribution in [0.25, 0.3) is 0 Å². The predicted octanol–water partition coefficient (Wildman–Crippen LogP) is 1.77. The highest BCUT2D eigenvalue weighted by Crippen LogP contribution is 2.12. The van der Waals surface area contributed by atoms with Gasteiger partial charge in [-0.15, -0.1) is 0 Å². The highest BCUT2D eigenvalue weighted by molar-refractivity contribution is 5.83. The molecule has 1 aromatic rings. The lowest BCUT2D eigenvalue weighted by molar-refractivity contribution is -0.157. The van der Waals surface area contributed by atoms with Crippen molar-refractivity contribution in [3.8, 4) is 11.8 Å². The molecule has 0 radical (unpaired) electrons. The summed E-state index contributed by atoms with van der Waals surface area (Å²) in [5, 5.41) is 12.0. The van der Waals surface area contributed by atoms with Crippen LogP contribution in [-0.4, -0.2) is 30.3 Å². The van der Waals surface area contributed by atoms with Gasteiger partial charge < -0.3 is 9.47 Å². The maximum Gasteiger partial charge on any atom is 0.344 e. The second-order valence-corrected chi connectivity index (χ2v) is 5.57. The van der Waals surface area contributed by atoms with E-state index in [4.69, 9.17) is 14.7 Å². The summed E-state index contributed by atoms with van der Waals surface area (Å²) in [7, 11) is 0. The third kappa shape index (κ3) is 8.21. The normalized spacial score (nSPS) is 10.9. The number of carbonyl (C=O) groups is 2. The van der Waals surface area contributed by atoms with Gasteiger partial charge in [0.15, 0.2) is 6.61 Å². The summed E-state index contributed by atoms with van der Waals surface area (Å²) in [6.45, 7) is 5.19. The van der Waals surface area contributed by atoms with Crippen LogP contribution < -0.4 is 10.2 Å². The first-order valence-electron chi connectivity index (χ1n) is 6.94. The van der Waals surface area contributed by atoms with Gasteiger partial charge in [-0.05, 0) is 50.6 Å². The monoisotopic (exact) mass is 317 g/mol. The summed E-state index contributed by atoms with van der Waals surface area (Å²) in [6.07, 6.45) is 1.20. The number of benzene rings is 1. The second kappa shape index (κ2) is 8.54. The van der Waals surface area contributed by atoms with Crippen LogP contribution in [0.2, 0.25) is 0 Å². The van der Waals surface area contributed by atoms with Crippen molar-refractivity contribution in [1.82, 2.24) is 5.43 Å². The van der Waals surface area contributed by atoms with Crippen molar-refractivity contribution in [2.24, 2.45) is 5.10 Å². The van der Waals surface area contributed by atoms with Crippen LogP contribution in [-0.2, 0) is 14.3 Å². The fraction of sp³-hybridized carbons (Fsp3) is 0.375. The van der Waals surface area contributed by atoms with Crippen LogP contribution in [0.5, 0.6) is 5.75 Å². The molecular formula is C16H19N3O4. The maximum atomic E-state index is 11.5. The van der Waals surface area contributed by atoms with Gasteiger partial charge in [0.2, 0.25) is 0 Å². The molecule has 0 bridgehead atoms. The first kappa shape index (κ1) is 18.2. The molecule has 1 N–H and O–H groups in total. The number of nitrogens with zero attached hydrogens (tertiary/aromatic N) is 2. The average molecular weight is 317 g/mol. The van der Waals surface area contributed by atoms with Gasteiger partial charge in [0.05, 0.1) is 12.3 Å². The largest absolute Gasteiger partial charge is 0.482 e. The number of esters is 1. The summed E-state index contributed by atoms with van der Waals surface area (Å²) in [5.74, 6) is -0.397. The number of hydrogen-bond donors (Lipinski definition) is 1. The quantitative estimate of drug-likeness (QED) is 0.489. The van der Waals surface area contributed by atoms with E-state index in [0.29, 0.717) is 5.75 Å². The summed E-state index contributed by atoms with van der Waals surface area (Å²) in [6, 6.07) is 8.48. The fourth-order valence-corrected chi connectivity index (χ4v) is 1.45. The van der Waals surface area contributed by atoms with Gasteiger partial charge in [0, 0.05) is 0 Å². The zero-order valence-corrected chi connectivity index (χ0v) is 13.3. The van der Waals surface area contributed by atoms with E-state index >= 15 is 0 Å². The van der Waals surface area contributed by atoms with Crippen LogP contribution in [0.1, 0.15) is 32.8 Å². The first-order valence-corrected chi connectivity index (χ1v) is 6.94. The highest BCUT2D eigenvalue weighted by Gasteiger charge is 2.16. The molecule has 7 heteroatoms. The van der Waals surface area contributed by atoms with Crippen molar-refractivity contribution in [1.29, 1.82) is 5.26 Å². The van der Waals surface area contributed by atoms with E-state index < -0.39 is 17.5 Å². The molecule has 0 saturated heterocycles. The molecule has 0 spiro atoms. The van der Waals surface area contributed by atoms with E-state index in [1.807, 2.05) is 0 Å². The standard InChI is InChI=1S/C16H19N3O4/c1-16(2,3)23-15(21)11-22-13-6-4-12(5-7-13)10-18-19-14(20)8-9-17/h4-7,10H,8,11H2,1-3H3,(H,19,20). The molecule has 1 amide bonds. The number of hydrazone groups is 1. The molecule has 0 aliphatic heterocycles. The molecule has 23 heavy (non-hydrogen) atoms. The molecule has 0 saturated carbocycles. The Morgan fingerprint density at radius 1 is 1.30 bits per heavy atom. The lowest BCUT2D eigenvalue weighted by Gasteiger charge is -2.19. The molecule has 122 valence electrons. The zero-order chi connectivity index (χ0) is 17.3. The Hall–Kier alpha value is -2.88. The molecule has 0 heterocycles. The zero-order valence-electron chi connectivity index (χ0n) is 13.3. The number of ether oxygens (including phenoxy) is 2. The number of nitrogens with one attached hydrogen (secondary N) is 1. The number of rotatable bonds is 6. The molecule has 0 fully saturated rings. The summed E-state index contributed by atoms with van der Waals surface area (Å²) in [5.41, 5.74) is 2.41. The molecule has 0 atom stereocenters. The van der Waals surface area contributed by atoms with Gasteiger partial charge in [-0.1, -0.05) is 0 Å². The average Bonchev–Trinajstić information content (AvgIpc) is 2.45. The van der Waals surface area contributed by atoms with E-state index in [1.54, 1.807) is 51.1 Å². The topological polar surface area (TPSA) is 101 Å². The third-order valence-corrected chi connectivity index (χ3v) is 2.30. The minimum absolute atomic E-state index is 0.172. The molecule has 1 rings (SSSR count). The van der Waals surface area contributed by atoms with Gasteiger partial charge in [0.25, 0.3) is 5.91 Å². The maximum absolute atomic E-state index is 11.5. The van der Waals surface area contributed by atoms with Crippen LogP contribution in [0.15, 0.2) is 29.4 Å². The fourth-order valence-electron chi connectivity index (χ4n) is 1.45. The van der Waals surface area contributed by atoms with Crippen molar-refractivity contribution >= 4 is 18.1 Å². The molecule has 0 aromatic heterocycles. The van der Waals surface area contributed by atoms with Crippen molar-refractivity contribution < 1.29 is 19.1 Å². The SMILES string of the molecule is CC(C)(C)OC(=O)COc1ccc(C=NNC(=O)CC#N)cc1. The Labute approximate surface area is 134 Å². The summed E-state index contributed by atoms with van der Waals surface area (Å²) in [4.78, 5) is 22.6. The minimum Gasteiger partial charge on any atom is -0.482 e. The molecule has 0 aliphatic rings. The van der Waals surface area contributed by atoms with E-state index in [2.05, 4.69) is 10.5 Å². The van der Waals surface area contributed by atoms with Gasteiger partial charge in [-0.3, -0.25) is 4.79 Å². The number of hydrogen-bond acceptors (Lipinski definition) is 6. The molecule has 1 aromatic carbocycles. The smallest absolute Gasteiger partial charge is 0.344 e. The van der Waals surface area contributed by atoms with Crippen molar-refractivity contribution in [2.75, 3.05) is 6.61 Å². The molecule has 0 unspecified atom stereocenters. The number of nitriles is 1. The Kier molecular flexibility index (Phi) is 6.74. The molecular weight excluding hydrogens is 298 g/mol. The predicted molar refractivity (Wildman–Crippen MR) is 83.7 cm³/mol.